The van der Waals surface area contributed by atoms with E-state index in [1.807, 2.05) is 37.3 Å². The van der Waals surface area contributed by atoms with Gasteiger partial charge in [0.15, 0.2) is 4.34 Å². The SMILES string of the molecule is C[C@H](Sc1nncs1)C(=O)Nc1ccccc1. The zero-order valence-electron chi connectivity index (χ0n) is 9.16. The summed E-state index contributed by atoms with van der Waals surface area (Å²) in [4.78, 5) is 11.9. The van der Waals surface area contributed by atoms with Crippen LogP contribution in [0.3, 0.4) is 0 Å². The van der Waals surface area contributed by atoms with Crippen LogP contribution in [0.5, 0.6) is 0 Å². The molecule has 1 aromatic heterocycles. The van der Waals surface area contributed by atoms with Crippen LogP contribution in [-0.4, -0.2) is 21.4 Å². The molecule has 0 unspecified atom stereocenters. The molecule has 17 heavy (non-hydrogen) atoms. The van der Waals surface area contributed by atoms with Crippen molar-refractivity contribution in [2.24, 2.45) is 0 Å². The summed E-state index contributed by atoms with van der Waals surface area (Å²) in [5.74, 6) is -0.0311. The van der Waals surface area contributed by atoms with Crippen LogP contribution in [0.1, 0.15) is 6.92 Å². The third-order valence-electron chi connectivity index (χ3n) is 2.03. The number of hydrogen-bond donors (Lipinski definition) is 1. The summed E-state index contributed by atoms with van der Waals surface area (Å²) in [5.41, 5.74) is 2.46. The van der Waals surface area contributed by atoms with Gasteiger partial charge in [-0.3, -0.25) is 4.79 Å². The number of aromatic nitrogens is 2. The number of anilines is 1. The maximum Gasteiger partial charge on any atom is 0.237 e. The molecule has 2 rings (SSSR count). The molecule has 1 N–H and O–H groups in total. The number of thioether (sulfide) groups is 1. The molecule has 2 aromatic rings. The lowest BCUT2D eigenvalue weighted by molar-refractivity contribution is -0.115. The molecule has 1 aromatic carbocycles. The predicted molar refractivity (Wildman–Crippen MR) is 70.3 cm³/mol. The molecule has 0 radical (unpaired) electrons. The van der Waals surface area contributed by atoms with E-state index in [0.29, 0.717) is 0 Å². The molecule has 1 amide bonds. The molecule has 0 aliphatic rings. The minimum absolute atomic E-state index is 0.0311. The van der Waals surface area contributed by atoms with E-state index >= 15 is 0 Å². The molecule has 1 atom stereocenters. The van der Waals surface area contributed by atoms with Crippen LogP contribution in [0.2, 0.25) is 0 Å². The number of carbonyl (C=O) groups excluding carboxylic acids is 1. The first-order chi connectivity index (χ1) is 8.25. The smallest absolute Gasteiger partial charge is 0.237 e. The standard InChI is InChI=1S/C11H11N3OS2/c1-8(17-11-14-12-7-16-11)10(15)13-9-5-3-2-4-6-9/h2-8H,1H3,(H,13,15)/t8-/m0/s1. The van der Waals surface area contributed by atoms with Crippen molar-refractivity contribution in [3.05, 3.63) is 35.8 Å². The largest absolute Gasteiger partial charge is 0.325 e. The van der Waals surface area contributed by atoms with Crippen molar-refractivity contribution in [1.82, 2.24) is 10.2 Å². The van der Waals surface area contributed by atoms with Crippen LogP contribution >= 0.6 is 23.1 Å². The Morgan fingerprint density at radius 1 is 1.41 bits per heavy atom. The Kier molecular flexibility index (Phi) is 4.11. The highest BCUT2D eigenvalue weighted by molar-refractivity contribution is 8.02. The lowest BCUT2D eigenvalue weighted by Gasteiger charge is -2.09. The average molecular weight is 265 g/mol. The zero-order valence-corrected chi connectivity index (χ0v) is 10.8. The summed E-state index contributed by atoms with van der Waals surface area (Å²) in [6.45, 7) is 1.85. The van der Waals surface area contributed by atoms with E-state index < -0.39 is 0 Å². The van der Waals surface area contributed by atoms with Gasteiger partial charge in [0.1, 0.15) is 5.51 Å². The fraction of sp³-hybridized carbons (Fsp3) is 0.182. The van der Waals surface area contributed by atoms with Crippen LogP contribution in [0.15, 0.2) is 40.2 Å². The van der Waals surface area contributed by atoms with Crippen LogP contribution in [0.25, 0.3) is 0 Å². The molecule has 0 fully saturated rings. The van der Waals surface area contributed by atoms with Gasteiger partial charge in [0.25, 0.3) is 0 Å². The van der Waals surface area contributed by atoms with Gasteiger partial charge in [0.05, 0.1) is 5.25 Å². The number of amides is 1. The Bertz CT molecular complexity index is 473. The number of nitrogens with one attached hydrogen (secondary N) is 1. The van der Waals surface area contributed by atoms with E-state index in [1.165, 1.54) is 23.1 Å². The molecule has 1 heterocycles. The third-order valence-corrected chi connectivity index (χ3v) is 3.94. The number of benzene rings is 1. The van der Waals surface area contributed by atoms with Crippen molar-refractivity contribution in [2.75, 3.05) is 5.32 Å². The number of hydrogen-bond acceptors (Lipinski definition) is 5. The van der Waals surface area contributed by atoms with Crippen LogP contribution in [0.4, 0.5) is 5.69 Å². The van der Waals surface area contributed by atoms with Gasteiger partial charge in [-0.2, -0.15) is 0 Å². The summed E-state index contributed by atoms with van der Waals surface area (Å²) in [7, 11) is 0. The van der Waals surface area contributed by atoms with Crippen molar-refractivity contribution < 1.29 is 4.79 Å². The minimum Gasteiger partial charge on any atom is -0.325 e. The second-order valence-corrected chi connectivity index (χ2v) is 5.74. The summed E-state index contributed by atoms with van der Waals surface area (Å²) in [6, 6.07) is 9.41. The first-order valence-electron chi connectivity index (χ1n) is 5.04. The number of para-hydroxylation sites is 1. The van der Waals surface area contributed by atoms with Gasteiger partial charge in [-0.05, 0) is 19.1 Å². The van der Waals surface area contributed by atoms with Gasteiger partial charge in [-0.1, -0.05) is 41.3 Å². The first-order valence-corrected chi connectivity index (χ1v) is 6.80. The highest BCUT2D eigenvalue weighted by Crippen LogP contribution is 2.24. The molecule has 0 bridgehead atoms. The monoisotopic (exact) mass is 265 g/mol. The maximum absolute atomic E-state index is 11.9. The van der Waals surface area contributed by atoms with Crippen molar-refractivity contribution in [2.45, 2.75) is 16.5 Å². The van der Waals surface area contributed by atoms with Crippen molar-refractivity contribution in [1.29, 1.82) is 0 Å². The lowest BCUT2D eigenvalue weighted by atomic mass is 10.3. The molecular formula is C11H11N3OS2. The van der Waals surface area contributed by atoms with Crippen LogP contribution < -0.4 is 5.32 Å². The molecule has 0 saturated heterocycles. The third kappa shape index (κ3) is 3.54. The van der Waals surface area contributed by atoms with E-state index in [4.69, 9.17) is 0 Å². The van der Waals surface area contributed by atoms with E-state index in [9.17, 15) is 4.79 Å². The van der Waals surface area contributed by atoms with Gasteiger partial charge in [-0.25, -0.2) is 0 Å². The van der Waals surface area contributed by atoms with Gasteiger partial charge in [-0.15, -0.1) is 10.2 Å². The lowest BCUT2D eigenvalue weighted by Crippen LogP contribution is -2.22. The summed E-state index contributed by atoms with van der Waals surface area (Å²) in [5, 5.41) is 10.3. The molecule has 4 nitrogen and oxygen atoms in total. The Morgan fingerprint density at radius 2 is 2.18 bits per heavy atom. The molecule has 0 saturated carbocycles. The van der Waals surface area contributed by atoms with Crippen molar-refractivity contribution in [3.8, 4) is 0 Å². The van der Waals surface area contributed by atoms with E-state index in [2.05, 4.69) is 15.5 Å². The average Bonchev–Trinajstić information content (AvgIpc) is 2.83. The van der Waals surface area contributed by atoms with E-state index in [1.54, 1.807) is 5.51 Å². The topological polar surface area (TPSA) is 54.9 Å². The summed E-state index contributed by atoms with van der Waals surface area (Å²) in [6.07, 6.45) is 0. The Morgan fingerprint density at radius 3 is 2.82 bits per heavy atom. The van der Waals surface area contributed by atoms with E-state index in [0.717, 1.165) is 10.0 Å². The van der Waals surface area contributed by atoms with Gasteiger partial charge >= 0.3 is 0 Å². The number of nitrogens with zero attached hydrogens (tertiary/aromatic N) is 2. The second-order valence-electron chi connectivity index (χ2n) is 3.32. The normalized spacial score (nSPS) is 12.1. The van der Waals surface area contributed by atoms with Crippen molar-refractivity contribution in [3.63, 3.8) is 0 Å². The number of rotatable bonds is 4. The second kappa shape index (κ2) is 5.79. The van der Waals surface area contributed by atoms with Gasteiger partial charge in [0, 0.05) is 5.69 Å². The van der Waals surface area contributed by atoms with Gasteiger partial charge < -0.3 is 5.32 Å². The first kappa shape index (κ1) is 12.1. The Balaban J connectivity index is 1.92. The molecule has 0 aliphatic heterocycles. The molecule has 6 heteroatoms. The fourth-order valence-corrected chi connectivity index (χ4v) is 2.81. The minimum atomic E-state index is -0.192. The highest BCUT2D eigenvalue weighted by atomic mass is 32.2. The summed E-state index contributed by atoms with van der Waals surface area (Å²) < 4.78 is 0.806. The van der Waals surface area contributed by atoms with Crippen molar-refractivity contribution >= 4 is 34.7 Å². The maximum atomic E-state index is 11.9. The Hall–Kier alpha value is -1.40. The van der Waals surface area contributed by atoms with Gasteiger partial charge in [0.2, 0.25) is 5.91 Å². The molecular weight excluding hydrogens is 254 g/mol. The predicted octanol–water partition coefficient (Wildman–Crippen LogP) is 2.66. The highest BCUT2D eigenvalue weighted by Gasteiger charge is 2.15. The fourth-order valence-electron chi connectivity index (χ4n) is 1.18. The quantitative estimate of drug-likeness (QED) is 0.863. The Labute approximate surface area is 107 Å². The number of carbonyl (C=O) groups is 1. The van der Waals surface area contributed by atoms with Crippen LogP contribution in [-0.2, 0) is 4.79 Å². The summed E-state index contributed by atoms with van der Waals surface area (Å²) >= 11 is 2.85. The molecule has 0 spiro atoms. The molecule has 88 valence electrons. The van der Waals surface area contributed by atoms with E-state index in [-0.39, 0.29) is 11.2 Å². The van der Waals surface area contributed by atoms with Crippen LogP contribution in [0, 0.1) is 0 Å². The molecule has 0 aliphatic carbocycles. The zero-order chi connectivity index (χ0) is 12.1.